The number of nitrogens with zero attached hydrogens (tertiary/aromatic N) is 1. The molecule has 4 unspecified atom stereocenters. The monoisotopic (exact) mass is 481 g/mol. The van der Waals surface area contributed by atoms with Crippen molar-refractivity contribution in [2.45, 2.75) is 71.1 Å². The third kappa shape index (κ3) is 9.17. The van der Waals surface area contributed by atoms with Crippen molar-refractivity contribution in [2.75, 3.05) is 0 Å². The minimum atomic E-state index is -1.19. The molecule has 0 saturated carbocycles. The number of rotatable bonds is 14. The highest BCUT2D eigenvalue weighted by Gasteiger charge is 2.33. The summed E-state index contributed by atoms with van der Waals surface area (Å²) in [4.78, 5) is 67.5. The zero-order valence-electron chi connectivity index (χ0n) is 19.8. The predicted octanol–water partition coefficient (Wildman–Crippen LogP) is -1.60. The van der Waals surface area contributed by atoms with Crippen LogP contribution in [0.4, 0.5) is 0 Å². The number of H-pyrrole nitrogens is 1. The van der Waals surface area contributed by atoms with E-state index in [-0.39, 0.29) is 31.1 Å². The van der Waals surface area contributed by atoms with Gasteiger partial charge in [-0.2, -0.15) is 0 Å². The zero-order valence-corrected chi connectivity index (χ0v) is 19.8. The van der Waals surface area contributed by atoms with Crippen LogP contribution in [0.15, 0.2) is 12.5 Å². The number of amides is 4. The topological polar surface area (TPSA) is 222 Å². The third-order valence-electron chi connectivity index (χ3n) is 5.13. The number of carboxylic acids is 1. The molecule has 0 fully saturated rings. The number of hydrogen-bond acceptors (Lipinski definition) is 7. The molecule has 0 aliphatic heterocycles. The van der Waals surface area contributed by atoms with Gasteiger partial charge in [0.05, 0.1) is 12.4 Å². The number of aliphatic carboxylic acids is 1. The number of carbonyl (C=O) groups is 5. The maximum atomic E-state index is 13.1. The predicted molar refractivity (Wildman–Crippen MR) is 122 cm³/mol. The maximum absolute atomic E-state index is 13.1. The van der Waals surface area contributed by atoms with E-state index in [2.05, 4.69) is 25.9 Å². The molecule has 4 atom stereocenters. The number of aromatic amines is 1. The van der Waals surface area contributed by atoms with E-state index in [9.17, 15) is 29.1 Å². The van der Waals surface area contributed by atoms with Gasteiger partial charge in [0.1, 0.15) is 18.1 Å². The molecule has 13 nitrogen and oxygen atoms in total. The van der Waals surface area contributed by atoms with E-state index in [1.165, 1.54) is 12.5 Å². The van der Waals surface area contributed by atoms with Gasteiger partial charge in [-0.1, -0.05) is 27.7 Å². The summed E-state index contributed by atoms with van der Waals surface area (Å²) >= 11 is 0. The van der Waals surface area contributed by atoms with Crippen molar-refractivity contribution in [1.29, 1.82) is 0 Å². The van der Waals surface area contributed by atoms with E-state index in [4.69, 9.17) is 11.5 Å². The summed E-state index contributed by atoms with van der Waals surface area (Å²) < 4.78 is 0. The molecule has 1 aromatic heterocycles. The molecule has 0 aliphatic carbocycles. The van der Waals surface area contributed by atoms with Crippen LogP contribution >= 0.6 is 0 Å². The van der Waals surface area contributed by atoms with Crippen molar-refractivity contribution in [1.82, 2.24) is 25.9 Å². The molecule has 0 aliphatic rings. The van der Waals surface area contributed by atoms with E-state index < -0.39 is 53.8 Å². The summed E-state index contributed by atoms with van der Waals surface area (Å²) in [7, 11) is 0. The Kier molecular flexibility index (Phi) is 11.2. The summed E-state index contributed by atoms with van der Waals surface area (Å²) in [5.74, 6) is -4.55. The van der Waals surface area contributed by atoms with Gasteiger partial charge in [-0.3, -0.25) is 19.2 Å². The van der Waals surface area contributed by atoms with Crippen LogP contribution in [0, 0.1) is 11.8 Å². The van der Waals surface area contributed by atoms with Crippen molar-refractivity contribution in [3.05, 3.63) is 18.2 Å². The summed E-state index contributed by atoms with van der Waals surface area (Å²) in [6, 6.07) is -4.38. The van der Waals surface area contributed by atoms with Gasteiger partial charge in [0, 0.05) is 24.7 Å². The molecular formula is C21H35N7O6. The molecule has 0 saturated heterocycles. The standard InChI is InChI=1S/C21H35N7O6/c1-10(2)16(20(32)28-17(11(3)4)21(33)34)27-19(31)14(7-12-8-24-9-25-12)26-18(30)13(22)5-6-15(23)29/h8-11,13-14,16-17H,5-7,22H2,1-4H3,(H2,23,29)(H,24,25)(H,26,30)(H,27,31)(H,28,32)(H,33,34). The second-order valence-corrected chi connectivity index (χ2v) is 8.75. The van der Waals surface area contributed by atoms with Gasteiger partial charge < -0.3 is 37.5 Å². The highest BCUT2D eigenvalue weighted by Crippen LogP contribution is 2.08. The van der Waals surface area contributed by atoms with Crippen molar-refractivity contribution >= 4 is 29.6 Å². The minimum Gasteiger partial charge on any atom is -0.480 e. The summed E-state index contributed by atoms with van der Waals surface area (Å²) in [6.07, 6.45) is 2.82. The molecule has 34 heavy (non-hydrogen) atoms. The quantitative estimate of drug-likeness (QED) is 0.163. The van der Waals surface area contributed by atoms with Crippen molar-refractivity contribution < 1.29 is 29.1 Å². The second kappa shape index (κ2) is 13.3. The number of aromatic nitrogens is 2. The molecular weight excluding hydrogens is 446 g/mol. The first kappa shape index (κ1) is 28.6. The molecule has 13 heteroatoms. The fraction of sp³-hybridized carbons (Fsp3) is 0.619. The van der Waals surface area contributed by atoms with E-state index in [0.29, 0.717) is 5.69 Å². The summed E-state index contributed by atoms with van der Waals surface area (Å²) in [5, 5.41) is 16.9. The Morgan fingerprint density at radius 1 is 0.971 bits per heavy atom. The summed E-state index contributed by atoms with van der Waals surface area (Å²) in [5.41, 5.74) is 11.4. The normalized spacial score (nSPS) is 14.7. The lowest BCUT2D eigenvalue weighted by Gasteiger charge is -2.27. The molecule has 0 aromatic carbocycles. The zero-order chi connectivity index (χ0) is 26.0. The lowest BCUT2D eigenvalue weighted by Crippen LogP contribution is -2.59. The van der Waals surface area contributed by atoms with Gasteiger partial charge in [0.2, 0.25) is 23.6 Å². The Morgan fingerprint density at radius 2 is 1.56 bits per heavy atom. The van der Waals surface area contributed by atoms with E-state index >= 15 is 0 Å². The number of nitrogens with one attached hydrogen (secondary N) is 4. The minimum absolute atomic E-state index is 0.00235. The molecule has 1 heterocycles. The third-order valence-corrected chi connectivity index (χ3v) is 5.13. The molecule has 1 rings (SSSR count). The van der Waals surface area contributed by atoms with Crippen LogP contribution in [-0.2, 0) is 30.4 Å². The molecule has 1 aromatic rings. The van der Waals surface area contributed by atoms with Gasteiger partial charge in [0.15, 0.2) is 0 Å². The number of imidazole rings is 1. The first-order valence-electron chi connectivity index (χ1n) is 11.0. The Balaban J connectivity index is 3.00. The molecule has 0 bridgehead atoms. The molecule has 0 spiro atoms. The van der Waals surface area contributed by atoms with Crippen LogP contribution < -0.4 is 27.4 Å². The average Bonchev–Trinajstić information content (AvgIpc) is 3.25. The van der Waals surface area contributed by atoms with Gasteiger partial charge in [-0.05, 0) is 18.3 Å². The summed E-state index contributed by atoms with van der Waals surface area (Å²) in [6.45, 7) is 6.69. The number of primary amides is 1. The largest absolute Gasteiger partial charge is 0.480 e. The number of carboxylic acid groups (broad SMARTS) is 1. The van der Waals surface area contributed by atoms with Crippen molar-refractivity contribution in [3.63, 3.8) is 0 Å². The molecule has 9 N–H and O–H groups in total. The Morgan fingerprint density at radius 3 is 2.03 bits per heavy atom. The van der Waals surface area contributed by atoms with Gasteiger partial charge in [-0.15, -0.1) is 0 Å². The molecule has 4 amide bonds. The lowest BCUT2D eigenvalue weighted by molar-refractivity contribution is -0.144. The van der Waals surface area contributed by atoms with E-state index in [0.717, 1.165) is 0 Å². The first-order chi connectivity index (χ1) is 15.8. The van der Waals surface area contributed by atoms with E-state index in [1.54, 1.807) is 27.7 Å². The number of nitrogens with two attached hydrogens (primary N) is 2. The maximum Gasteiger partial charge on any atom is 0.326 e. The molecule has 0 radical (unpaired) electrons. The molecule has 190 valence electrons. The van der Waals surface area contributed by atoms with Crippen LogP contribution in [0.25, 0.3) is 0 Å². The second-order valence-electron chi connectivity index (χ2n) is 8.75. The van der Waals surface area contributed by atoms with Crippen LogP contribution in [-0.4, -0.2) is 68.8 Å². The smallest absolute Gasteiger partial charge is 0.326 e. The highest BCUT2D eigenvalue weighted by molar-refractivity contribution is 5.94. The van der Waals surface area contributed by atoms with Gasteiger partial charge >= 0.3 is 5.97 Å². The van der Waals surface area contributed by atoms with Crippen LogP contribution in [0.2, 0.25) is 0 Å². The first-order valence-corrected chi connectivity index (χ1v) is 11.0. The fourth-order valence-corrected chi connectivity index (χ4v) is 3.08. The van der Waals surface area contributed by atoms with Gasteiger partial charge in [0.25, 0.3) is 0 Å². The number of hydrogen-bond donors (Lipinski definition) is 7. The Hall–Kier alpha value is -3.48. The fourth-order valence-electron chi connectivity index (χ4n) is 3.08. The number of carbonyl (C=O) groups excluding carboxylic acids is 4. The highest BCUT2D eigenvalue weighted by atomic mass is 16.4. The lowest BCUT2D eigenvalue weighted by atomic mass is 9.99. The average molecular weight is 482 g/mol. The van der Waals surface area contributed by atoms with Crippen molar-refractivity contribution in [2.24, 2.45) is 23.3 Å². The Bertz CT molecular complexity index is 856. The van der Waals surface area contributed by atoms with Gasteiger partial charge in [-0.25, -0.2) is 9.78 Å². The SMILES string of the molecule is CC(C)C(NC(=O)C(NC(=O)C(Cc1cnc[nH]1)NC(=O)C(N)CCC(N)=O)C(C)C)C(=O)O. The van der Waals surface area contributed by atoms with E-state index in [1.807, 2.05) is 0 Å². The van der Waals surface area contributed by atoms with Crippen LogP contribution in [0.1, 0.15) is 46.2 Å². The van der Waals surface area contributed by atoms with Crippen LogP contribution in [0.5, 0.6) is 0 Å². The van der Waals surface area contributed by atoms with Crippen LogP contribution in [0.3, 0.4) is 0 Å². The Labute approximate surface area is 197 Å². The van der Waals surface area contributed by atoms with Crippen molar-refractivity contribution in [3.8, 4) is 0 Å².